The fraction of sp³-hybridized carbons (Fsp3) is 0.400. The van der Waals surface area contributed by atoms with Crippen molar-refractivity contribution in [3.63, 3.8) is 0 Å². The molecule has 2 aromatic rings. The number of amides is 3. The van der Waals surface area contributed by atoms with Crippen LogP contribution in [0.25, 0.3) is 0 Å². The Balaban J connectivity index is 1.53. The molecule has 2 aromatic carbocycles. The molecule has 0 bridgehead atoms. The van der Waals surface area contributed by atoms with Crippen LogP contribution in [0.3, 0.4) is 0 Å². The van der Waals surface area contributed by atoms with E-state index in [2.05, 4.69) is 5.32 Å². The van der Waals surface area contributed by atoms with Gasteiger partial charge in [0, 0.05) is 55.7 Å². The smallest absolute Gasteiger partial charge is 0.256 e. The van der Waals surface area contributed by atoms with Crippen molar-refractivity contribution in [1.29, 1.82) is 0 Å². The molecule has 3 amide bonds. The molecule has 4 rings (SSSR count). The van der Waals surface area contributed by atoms with E-state index in [9.17, 15) is 14.4 Å². The number of methoxy groups -OCH3 is 1. The Morgan fingerprint density at radius 1 is 1.03 bits per heavy atom. The summed E-state index contributed by atoms with van der Waals surface area (Å²) in [7, 11) is 1.56. The Morgan fingerprint density at radius 2 is 1.68 bits per heavy atom. The van der Waals surface area contributed by atoms with Gasteiger partial charge in [-0.2, -0.15) is 0 Å². The molecule has 1 spiro atoms. The number of nitrogens with zero attached hydrogens (tertiary/aromatic N) is 2. The highest BCUT2D eigenvalue weighted by molar-refractivity contribution is 6.30. The number of hydrogen-bond donors (Lipinski definition) is 1. The highest BCUT2D eigenvalue weighted by Crippen LogP contribution is 2.38. The quantitative estimate of drug-likeness (QED) is 0.635. The number of carbonyl (C=O) groups is 3. The maximum absolute atomic E-state index is 13.6. The van der Waals surface area contributed by atoms with Crippen molar-refractivity contribution < 1.29 is 23.9 Å². The summed E-state index contributed by atoms with van der Waals surface area (Å²) in [5.74, 6) is -0.639. The van der Waals surface area contributed by atoms with Gasteiger partial charge in [0.1, 0.15) is 11.8 Å². The third-order valence-corrected chi connectivity index (χ3v) is 6.58. The highest BCUT2D eigenvalue weighted by atomic mass is 35.5. The Kier molecular flexibility index (Phi) is 7.50. The second-order valence-electron chi connectivity index (χ2n) is 8.40. The van der Waals surface area contributed by atoms with E-state index in [4.69, 9.17) is 21.1 Å². The molecule has 1 atom stereocenters. The van der Waals surface area contributed by atoms with E-state index < -0.39 is 11.8 Å². The number of carbonyl (C=O) groups excluding carboxylic acids is 3. The van der Waals surface area contributed by atoms with Gasteiger partial charge in [-0.15, -0.1) is 0 Å². The predicted molar refractivity (Wildman–Crippen MR) is 127 cm³/mol. The molecule has 0 saturated carbocycles. The topological polar surface area (TPSA) is 88.2 Å². The van der Waals surface area contributed by atoms with Crippen LogP contribution in [0.4, 0.5) is 0 Å². The van der Waals surface area contributed by atoms with E-state index in [1.807, 2.05) is 6.07 Å². The van der Waals surface area contributed by atoms with Gasteiger partial charge in [-0.3, -0.25) is 19.3 Å². The second-order valence-corrected chi connectivity index (χ2v) is 8.83. The summed E-state index contributed by atoms with van der Waals surface area (Å²) in [6.45, 7) is 1.62. The molecule has 1 unspecified atom stereocenters. The first-order valence-electron chi connectivity index (χ1n) is 11.3. The van der Waals surface area contributed by atoms with Crippen molar-refractivity contribution in [2.45, 2.75) is 24.6 Å². The fourth-order valence-electron chi connectivity index (χ4n) is 4.52. The zero-order valence-electron chi connectivity index (χ0n) is 19.0. The first-order chi connectivity index (χ1) is 16.4. The summed E-state index contributed by atoms with van der Waals surface area (Å²) in [5, 5.41) is 3.39. The lowest BCUT2D eigenvalue weighted by Crippen LogP contribution is -2.60. The summed E-state index contributed by atoms with van der Waals surface area (Å²) in [6.07, 6.45) is 0.819. The predicted octanol–water partition coefficient (Wildman–Crippen LogP) is 2.58. The molecule has 180 valence electrons. The van der Waals surface area contributed by atoms with Crippen LogP contribution in [0.2, 0.25) is 5.02 Å². The first-order valence-corrected chi connectivity index (χ1v) is 11.7. The number of halogens is 1. The average Bonchev–Trinajstić information content (AvgIpc) is 3.23. The molecular weight excluding hydrogens is 458 g/mol. The zero-order chi connectivity index (χ0) is 24.1. The minimum atomic E-state index is -0.951. The number of likely N-dealkylation sites (tertiary alicyclic amines) is 1. The van der Waals surface area contributed by atoms with E-state index in [1.54, 1.807) is 65.4 Å². The number of piperidine rings is 1. The van der Waals surface area contributed by atoms with Crippen molar-refractivity contribution >= 4 is 29.3 Å². The number of ether oxygens (including phenoxy) is 2. The van der Waals surface area contributed by atoms with Gasteiger partial charge in [0.25, 0.3) is 11.8 Å². The lowest BCUT2D eigenvalue weighted by atomic mass is 9.96. The molecule has 2 heterocycles. The van der Waals surface area contributed by atoms with Crippen LogP contribution >= 0.6 is 11.6 Å². The van der Waals surface area contributed by atoms with E-state index in [1.165, 1.54) is 0 Å². The monoisotopic (exact) mass is 485 g/mol. The third kappa shape index (κ3) is 4.94. The third-order valence-electron chi connectivity index (χ3n) is 6.33. The van der Waals surface area contributed by atoms with E-state index in [0.29, 0.717) is 55.2 Å². The molecular formula is C25H28ClN3O5. The molecule has 8 nitrogen and oxygen atoms in total. The Hall–Kier alpha value is -2.94. The van der Waals surface area contributed by atoms with Crippen LogP contribution in [-0.2, 0) is 14.3 Å². The number of benzene rings is 2. The molecule has 2 fully saturated rings. The standard InChI is InChI=1S/C25H28ClN3O5/c1-33-16-13-27-22(30)21-17-34-25(29(21)24(32)18-5-3-2-4-6-18)11-14-28(15-12-25)23(31)19-7-9-20(26)10-8-19/h2-10,21H,11-17H2,1H3,(H,27,30). The zero-order valence-corrected chi connectivity index (χ0v) is 19.8. The Labute approximate surface area is 203 Å². The van der Waals surface area contributed by atoms with Crippen molar-refractivity contribution in [1.82, 2.24) is 15.1 Å². The van der Waals surface area contributed by atoms with Crippen LogP contribution in [0.5, 0.6) is 0 Å². The normalized spacial score (nSPS) is 19.3. The lowest BCUT2D eigenvalue weighted by Gasteiger charge is -2.44. The maximum Gasteiger partial charge on any atom is 0.256 e. The molecule has 0 aliphatic carbocycles. The molecule has 2 aliphatic rings. The minimum absolute atomic E-state index is 0.0979. The first kappa shape index (κ1) is 24.2. The molecule has 2 aliphatic heterocycles. The summed E-state index contributed by atoms with van der Waals surface area (Å²) in [4.78, 5) is 42.8. The second kappa shape index (κ2) is 10.5. The summed E-state index contributed by atoms with van der Waals surface area (Å²) < 4.78 is 11.2. The van der Waals surface area contributed by atoms with Gasteiger partial charge in [0.2, 0.25) is 5.91 Å². The highest BCUT2D eigenvalue weighted by Gasteiger charge is 2.54. The molecule has 2 saturated heterocycles. The van der Waals surface area contributed by atoms with Crippen LogP contribution in [-0.4, -0.2) is 79.2 Å². The SMILES string of the molecule is COCCNC(=O)C1COC2(CCN(C(=O)c3ccc(Cl)cc3)CC2)N1C(=O)c1ccccc1. The lowest BCUT2D eigenvalue weighted by molar-refractivity contribution is -0.128. The van der Waals surface area contributed by atoms with E-state index >= 15 is 0 Å². The minimum Gasteiger partial charge on any atom is -0.383 e. The summed E-state index contributed by atoms with van der Waals surface area (Å²) >= 11 is 5.94. The van der Waals surface area contributed by atoms with Crippen LogP contribution in [0.1, 0.15) is 33.6 Å². The van der Waals surface area contributed by atoms with Crippen LogP contribution < -0.4 is 5.32 Å². The fourth-order valence-corrected chi connectivity index (χ4v) is 4.64. The summed E-state index contributed by atoms with van der Waals surface area (Å²) in [5.41, 5.74) is 0.0921. The molecule has 34 heavy (non-hydrogen) atoms. The maximum atomic E-state index is 13.6. The Bertz CT molecular complexity index is 1020. The van der Waals surface area contributed by atoms with Gasteiger partial charge in [-0.05, 0) is 36.4 Å². The van der Waals surface area contributed by atoms with Gasteiger partial charge in [0.05, 0.1) is 13.2 Å². The van der Waals surface area contributed by atoms with E-state index in [0.717, 1.165) is 0 Å². The number of rotatable bonds is 6. The van der Waals surface area contributed by atoms with Crippen LogP contribution in [0, 0.1) is 0 Å². The van der Waals surface area contributed by atoms with Crippen molar-refractivity contribution in [2.75, 3.05) is 40.0 Å². The number of hydrogen-bond acceptors (Lipinski definition) is 5. The van der Waals surface area contributed by atoms with Crippen molar-refractivity contribution in [2.24, 2.45) is 0 Å². The van der Waals surface area contributed by atoms with Gasteiger partial charge in [-0.25, -0.2) is 0 Å². The van der Waals surface area contributed by atoms with Gasteiger partial charge < -0.3 is 19.7 Å². The molecule has 9 heteroatoms. The average molecular weight is 486 g/mol. The van der Waals surface area contributed by atoms with Crippen molar-refractivity contribution in [3.8, 4) is 0 Å². The number of nitrogens with one attached hydrogen (secondary N) is 1. The van der Waals surface area contributed by atoms with Gasteiger partial charge in [0.15, 0.2) is 0 Å². The van der Waals surface area contributed by atoms with Crippen LogP contribution in [0.15, 0.2) is 54.6 Å². The van der Waals surface area contributed by atoms with Gasteiger partial charge in [-0.1, -0.05) is 29.8 Å². The molecule has 0 radical (unpaired) electrons. The summed E-state index contributed by atoms with van der Waals surface area (Å²) in [6, 6.07) is 14.9. The Morgan fingerprint density at radius 3 is 2.32 bits per heavy atom. The largest absolute Gasteiger partial charge is 0.383 e. The molecule has 1 N–H and O–H groups in total. The van der Waals surface area contributed by atoms with Gasteiger partial charge >= 0.3 is 0 Å². The van der Waals surface area contributed by atoms with Crippen molar-refractivity contribution in [3.05, 3.63) is 70.7 Å². The van der Waals surface area contributed by atoms with E-state index in [-0.39, 0.29) is 24.3 Å². The molecule has 0 aromatic heterocycles.